The van der Waals surface area contributed by atoms with Crippen molar-refractivity contribution in [3.05, 3.63) is 35.4 Å². The summed E-state index contributed by atoms with van der Waals surface area (Å²) in [6, 6.07) is 3.02. The third-order valence-electron chi connectivity index (χ3n) is 4.56. The second kappa shape index (κ2) is 7.18. The van der Waals surface area contributed by atoms with Crippen LogP contribution in [-0.4, -0.2) is 12.5 Å². The molecule has 22 heavy (non-hydrogen) atoms. The fraction of sp³-hybridized carbons (Fsp3) is 0.588. The highest BCUT2D eigenvalue weighted by Gasteiger charge is 2.34. The fourth-order valence-corrected chi connectivity index (χ4v) is 3.28. The molecule has 0 aromatic heterocycles. The van der Waals surface area contributed by atoms with Crippen molar-refractivity contribution in [2.24, 2.45) is 23.5 Å². The topological polar surface area (TPSA) is 55.1 Å². The molecule has 0 bridgehead atoms. The zero-order valence-electron chi connectivity index (χ0n) is 13.1. The van der Waals surface area contributed by atoms with Gasteiger partial charge in [-0.25, -0.2) is 8.78 Å². The first-order valence-corrected chi connectivity index (χ1v) is 7.89. The molecular formula is C17H24F2N2O. The minimum atomic E-state index is -0.624. The number of nitrogens with two attached hydrogens (primary N) is 1. The maximum absolute atomic E-state index is 14.0. The summed E-state index contributed by atoms with van der Waals surface area (Å²) in [5.74, 6) is -1.22. The van der Waals surface area contributed by atoms with Crippen LogP contribution in [0.1, 0.15) is 44.7 Å². The predicted molar refractivity (Wildman–Crippen MR) is 82.0 cm³/mol. The molecule has 3 nitrogen and oxygen atoms in total. The van der Waals surface area contributed by atoms with Gasteiger partial charge in [0.2, 0.25) is 5.91 Å². The number of benzene rings is 1. The summed E-state index contributed by atoms with van der Waals surface area (Å²) in [5.41, 5.74) is 6.05. The zero-order chi connectivity index (χ0) is 16.3. The van der Waals surface area contributed by atoms with Crippen molar-refractivity contribution in [2.75, 3.05) is 6.54 Å². The Balaban J connectivity index is 2.17. The van der Waals surface area contributed by atoms with Crippen molar-refractivity contribution in [1.29, 1.82) is 0 Å². The highest BCUT2D eigenvalue weighted by atomic mass is 19.1. The lowest BCUT2D eigenvalue weighted by Crippen LogP contribution is -2.39. The molecular weight excluding hydrogens is 286 g/mol. The normalized spacial score (nSPS) is 22.8. The van der Waals surface area contributed by atoms with E-state index in [1.807, 2.05) is 13.8 Å². The maximum atomic E-state index is 14.0. The quantitative estimate of drug-likeness (QED) is 0.878. The number of hydrogen-bond donors (Lipinski definition) is 2. The number of hydrogen-bond acceptors (Lipinski definition) is 2. The Bertz CT molecular complexity index is 533. The average Bonchev–Trinajstić information content (AvgIpc) is 2.93. The summed E-state index contributed by atoms with van der Waals surface area (Å²) in [5, 5.41) is 2.94. The second-order valence-electron chi connectivity index (χ2n) is 6.43. The van der Waals surface area contributed by atoms with E-state index in [-0.39, 0.29) is 23.7 Å². The van der Waals surface area contributed by atoms with E-state index in [0.29, 0.717) is 12.1 Å². The van der Waals surface area contributed by atoms with Crippen LogP contribution >= 0.6 is 0 Å². The van der Waals surface area contributed by atoms with Crippen molar-refractivity contribution < 1.29 is 13.6 Å². The minimum Gasteiger partial charge on any atom is -0.349 e. The summed E-state index contributed by atoms with van der Waals surface area (Å²) >= 11 is 0. The molecule has 0 aliphatic heterocycles. The van der Waals surface area contributed by atoms with Gasteiger partial charge < -0.3 is 11.1 Å². The van der Waals surface area contributed by atoms with Gasteiger partial charge in [-0.1, -0.05) is 26.3 Å². The van der Waals surface area contributed by atoms with Gasteiger partial charge in [0, 0.05) is 17.5 Å². The zero-order valence-corrected chi connectivity index (χ0v) is 13.1. The summed E-state index contributed by atoms with van der Waals surface area (Å²) in [7, 11) is 0. The third kappa shape index (κ3) is 3.64. The molecule has 5 heteroatoms. The molecule has 1 aromatic carbocycles. The molecule has 1 saturated carbocycles. The predicted octanol–water partition coefficient (Wildman–Crippen LogP) is 3.15. The number of halogens is 2. The standard InChI is InChI=1S/C17H24F2N2O/c1-10(2)16(14-7-6-12(18)8-15(14)19)21-17(22)13-5-3-4-11(13)9-20/h6-8,10-11,13,16H,3-5,9,20H2,1-2H3,(H,21,22)/t11-,13-,16?/m1/s1. The van der Waals surface area contributed by atoms with E-state index in [0.717, 1.165) is 25.3 Å². The van der Waals surface area contributed by atoms with Gasteiger partial charge >= 0.3 is 0 Å². The number of rotatable bonds is 5. The highest BCUT2D eigenvalue weighted by Crippen LogP contribution is 2.33. The van der Waals surface area contributed by atoms with Crippen LogP contribution in [0.15, 0.2) is 18.2 Å². The van der Waals surface area contributed by atoms with Gasteiger partial charge in [-0.2, -0.15) is 0 Å². The van der Waals surface area contributed by atoms with Crippen LogP contribution in [0.3, 0.4) is 0 Å². The molecule has 1 aliphatic rings. The van der Waals surface area contributed by atoms with E-state index in [1.54, 1.807) is 0 Å². The van der Waals surface area contributed by atoms with Gasteiger partial charge in [-0.15, -0.1) is 0 Å². The molecule has 1 aliphatic carbocycles. The van der Waals surface area contributed by atoms with E-state index in [1.165, 1.54) is 12.1 Å². The lowest BCUT2D eigenvalue weighted by Gasteiger charge is -2.26. The molecule has 0 heterocycles. The minimum absolute atomic E-state index is 0.00152. The van der Waals surface area contributed by atoms with E-state index in [4.69, 9.17) is 5.73 Å². The van der Waals surface area contributed by atoms with Crippen molar-refractivity contribution in [3.63, 3.8) is 0 Å². The van der Waals surface area contributed by atoms with E-state index >= 15 is 0 Å². The molecule has 0 saturated heterocycles. The summed E-state index contributed by atoms with van der Waals surface area (Å²) < 4.78 is 27.1. The van der Waals surface area contributed by atoms with Crippen molar-refractivity contribution in [2.45, 2.75) is 39.2 Å². The van der Waals surface area contributed by atoms with E-state index in [2.05, 4.69) is 5.32 Å². The Kier molecular flexibility index (Phi) is 5.51. The van der Waals surface area contributed by atoms with Gasteiger partial charge in [0.05, 0.1) is 6.04 Å². The van der Waals surface area contributed by atoms with Gasteiger partial charge in [-0.3, -0.25) is 4.79 Å². The molecule has 0 spiro atoms. The second-order valence-corrected chi connectivity index (χ2v) is 6.43. The Labute approximate surface area is 130 Å². The molecule has 122 valence electrons. The molecule has 2 rings (SSSR count). The molecule has 1 unspecified atom stereocenters. The van der Waals surface area contributed by atoms with Crippen molar-refractivity contribution in [1.82, 2.24) is 5.32 Å². The number of amides is 1. The fourth-order valence-electron chi connectivity index (χ4n) is 3.28. The van der Waals surface area contributed by atoms with Crippen molar-refractivity contribution in [3.8, 4) is 0 Å². The Hall–Kier alpha value is -1.49. The van der Waals surface area contributed by atoms with E-state index in [9.17, 15) is 13.6 Å². The molecule has 1 amide bonds. The Morgan fingerprint density at radius 1 is 1.36 bits per heavy atom. The molecule has 3 N–H and O–H groups in total. The van der Waals surface area contributed by atoms with Gasteiger partial charge in [-0.05, 0) is 37.3 Å². The third-order valence-corrected chi connectivity index (χ3v) is 4.56. The SMILES string of the molecule is CC(C)C(NC(=O)[C@@H]1CCC[C@@H]1CN)c1ccc(F)cc1F. The summed E-state index contributed by atoms with van der Waals surface area (Å²) in [6.07, 6.45) is 2.79. The first-order valence-electron chi connectivity index (χ1n) is 7.89. The van der Waals surface area contributed by atoms with Crippen LogP contribution in [0.2, 0.25) is 0 Å². The molecule has 3 atom stereocenters. The van der Waals surface area contributed by atoms with E-state index < -0.39 is 17.7 Å². The monoisotopic (exact) mass is 310 g/mol. The first kappa shape index (κ1) is 16.9. The average molecular weight is 310 g/mol. The van der Waals surface area contributed by atoms with Crippen LogP contribution < -0.4 is 11.1 Å². The molecule has 0 radical (unpaired) electrons. The van der Waals surface area contributed by atoms with Crippen LogP contribution in [0.5, 0.6) is 0 Å². The Morgan fingerprint density at radius 2 is 2.09 bits per heavy atom. The first-order chi connectivity index (χ1) is 10.4. The number of nitrogens with one attached hydrogen (secondary N) is 1. The van der Waals surface area contributed by atoms with Crippen LogP contribution in [-0.2, 0) is 4.79 Å². The molecule has 1 aromatic rings. The van der Waals surface area contributed by atoms with Crippen LogP contribution in [0, 0.1) is 29.4 Å². The van der Waals surface area contributed by atoms with Gasteiger partial charge in [0.15, 0.2) is 0 Å². The summed E-state index contributed by atoms with van der Waals surface area (Å²) in [6.45, 7) is 4.31. The highest BCUT2D eigenvalue weighted by molar-refractivity contribution is 5.79. The van der Waals surface area contributed by atoms with Crippen LogP contribution in [0.25, 0.3) is 0 Å². The lowest BCUT2D eigenvalue weighted by molar-refractivity contribution is -0.127. The summed E-state index contributed by atoms with van der Waals surface area (Å²) in [4.78, 5) is 12.5. The molecule has 1 fully saturated rings. The van der Waals surface area contributed by atoms with Crippen molar-refractivity contribution >= 4 is 5.91 Å². The maximum Gasteiger partial charge on any atom is 0.223 e. The van der Waals surface area contributed by atoms with Crippen LogP contribution in [0.4, 0.5) is 8.78 Å². The number of carbonyl (C=O) groups is 1. The Morgan fingerprint density at radius 3 is 2.68 bits per heavy atom. The largest absolute Gasteiger partial charge is 0.349 e. The smallest absolute Gasteiger partial charge is 0.223 e. The lowest BCUT2D eigenvalue weighted by atomic mass is 9.91. The number of carbonyl (C=O) groups excluding carboxylic acids is 1. The van der Waals surface area contributed by atoms with Gasteiger partial charge in [0.25, 0.3) is 0 Å². The van der Waals surface area contributed by atoms with Gasteiger partial charge in [0.1, 0.15) is 11.6 Å².